The third-order valence-electron chi connectivity index (χ3n) is 11.2. The molecule has 3 amide bonds. The molecule has 2 saturated carbocycles. The minimum Gasteiger partial charge on any atom is -0.461 e. The minimum atomic E-state index is -0.699. The molecule has 288 valence electrons. The number of anilines is 1. The van der Waals surface area contributed by atoms with Crippen LogP contribution >= 0.6 is 0 Å². The van der Waals surface area contributed by atoms with E-state index in [9.17, 15) is 23.6 Å². The van der Waals surface area contributed by atoms with E-state index in [0.29, 0.717) is 69.2 Å². The Hall–Kier alpha value is -3.67. The number of amides is 3. The molecule has 1 saturated heterocycles. The first kappa shape index (κ1) is 39.5. The molecule has 1 aliphatic heterocycles. The van der Waals surface area contributed by atoms with E-state index in [1.54, 1.807) is 31.4 Å². The summed E-state index contributed by atoms with van der Waals surface area (Å²) in [6.07, 6.45) is 8.78. The number of esters is 1. The number of aryl methyl sites for hydroxylation is 1. The van der Waals surface area contributed by atoms with Gasteiger partial charge in [0, 0.05) is 55.7 Å². The molecule has 3 fully saturated rings. The van der Waals surface area contributed by atoms with E-state index in [1.807, 2.05) is 37.1 Å². The molecular weight excluding hydrogens is 667 g/mol. The van der Waals surface area contributed by atoms with Crippen LogP contribution in [0.2, 0.25) is 0 Å². The van der Waals surface area contributed by atoms with Crippen molar-refractivity contribution in [1.82, 2.24) is 14.8 Å². The Labute approximate surface area is 307 Å². The van der Waals surface area contributed by atoms with E-state index in [2.05, 4.69) is 10.6 Å². The number of nitrogens with one attached hydrogen (secondary N) is 2. The van der Waals surface area contributed by atoms with Crippen LogP contribution in [0.5, 0.6) is 0 Å². The van der Waals surface area contributed by atoms with Gasteiger partial charge in [-0.1, -0.05) is 32.1 Å². The van der Waals surface area contributed by atoms with Crippen LogP contribution in [0, 0.1) is 23.7 Å². The van der Waals surface area contributed by atoms with Gasteiger partial charge in [0.1, 0.15) is 24.0 Å². The van der Waals surface area contributed by atoms with Crippen LogP contribution < -0.4 is 10.6 Å². The Kier molecular flexibility index (Phi) is 13.6. The van der Waals surface area contributed by atoms with Crippen molar-refractivity contribution in [2.75, 3.05) is 38.4 Å². The number of benzene rings is 1. The smallest absolute Gasteiger partial charge is 0.407 e. The molecule has 2 heterocycles. The van der Waals surface area contributed by atoms with Crippen molar-refractivity contribution < 1.29 is 37.8 Å². The molecule has 2 aromatic rings. The number of aromatic nitrogens is 1. The maximum absolute atomic E-state index is 14.3. The second-order valence-corrected chi connectivity index (χ2v) is 15.9. The van der Waals surface area contributed by atoms with Crippen molar-refractivity contribution in [3.05, 3.63) is 30.0 Å². The SMILES string of the molecule is CCOCCCOC(=O)c1cc2cc(NC(=O)[C@@H]3[C@H](C4CCCCC4)CCN3C(=O)C3CCC([C@@H](CF)NC(=O)OC(C)(C)C)CC3)ccc2n1C. The third-order valence-corrected chi connectivity index (χ3v) is 11.2. The standard InChI is InChI=1S/C40H59FN4O7/c1-6-50-21-10-22-51-38(48)34-24-29-23-30(17-18-33(29)44(34)5)42-36(46)35-31(26-11-8-7-9-12-26)19-20-45(35)37(47)28-15-13-27(14-16-28)32(25-41)43-39(49)52-40(2,3)4/h17-18,23-24,26-28,31-32,35H,6-16,19-22,25H2,1-5H3,(H,42,46)(H,43,49)/t27?,28?,31-,32+,35-/m0/s1. The van der Waals surface area contributed by atoms with Crippen molar-refractivity contribution >= 4 is 40.5 Å². The van der Waals surface area contributed by atoms with Gasteiger partial charge in [-0.05, 0) is 102 Å². The number of nitrogens with zero attached hydrogens (tertiary/aromatic N) is 2. The summed E-state index contributed by atoms with van der Waals surface area (Å²) in [7, 11) is 1.82. The van der Waals surface area contributed by atoms with E-state index < -0.39 is 36.4 Å². The second kappa shape index (κ2) is 17.9. The number of hydrogen-bond donors (Lipinski definition) is 2. The molecule has 0 bridgehead atoms. The summed E-state index contributed by atoms with van der Waals surface area (Å²) in [6.45, 7) is 8.49. The maximum Gasteiger partial charge on any atom is 0.407 e. The summed E-state index contributed by atoms with van der Waals surface area (Å²) >= 11 is 0. The number of likely N-dealkylation sites (tertiary alicyclic amines) is 1. The highest BCUT2D eigenvalue weighted by Crippen LogP contribution is 2.41. The van der Waals surface area contributed by atoms with Gasteiger partial charge < -0.3 is 34.3 Å². The van der Waals surface area contributed by atoms with Crippen LogP contribution in [-0.4, -0.2) is 84.1 Å². The Morgan fingerprint density at radius 3 is 2.37 bits per heavy atom. The summed E-state index contributed by atoms with van der Waals surface area (Å²) in [5.74, 6) is -0.471. The van der Waals surface area contributed by atoms with Crippen LogP contribution in [0.25, 0.3) is 10.9 Å². The topological polar surface area (TPSA) is 128 Å². The number of hydrogen-bond acceptors (Lipinski definition) is 7. The number of rotatable bonds is 13. The molecule has 1 aromatic heterocycles. The molecule has 52 heavy (non-hydrogen) atoms. The van der Waals surface area contributed by atoms with Crippen molar-refractivity contribution in [2.45, 2.75) is 116 Å². The highest BCUT2D eigenvalue weighted by molar-refractivity contribution is 6.01. The van der Waals surface area contributed by atoms with E-state index in [1.165, 1.54) is 6.42 Å². The van der Waals surface area contributed by atoms with Crippen molar-refractivity contribution in [1.29, 1.82) is 0 Å². The van der Waals surface area contributed by atoms with Crippen LogP contribution in [-0.2, 0) is 30.8 Å². The van der Waals surface area contributed by atoms with Crippen LogP contribution in [0.15, 0.2) is 24.3 Å². The zero-order valence-electron chi connectivity index (χ0n) is 31.7. The summed E-state index contributed by atoms with van der Waals surface area (Å²) in [4.78, 5) is 55.5. The molecule has 2 N–H and O–H groups in total. The molecule has 11 nitrogen and oxygen atoms in total. The summed E-state index contributed by atoms with van der Waals surface area (Å²) < 4.78 is 32.0. The first-order valence-corrected chi connectivity index (χ1v) is 19.4. The fraction of sp³-hybridized carbons (Fsp3) is 0.700. The molecule has 12 heteroatoms. The van der Waals surface area contributed by atoms with E-state index in [4.69, 9.17) is 14.2 Å². The molecule has 0 unspecified atom stereocenters. The van der Waals surface area contributed by atoms with Gasteiger partial charge in [0.25, 0.3) is 0 Å². The lowest BCUT2D eigenvalue weighted by Crippen LogP contribution is -2.50. The predicted octanol–water partition coefficient (Wildman–Crippen LogP) is 7.17. The fourth-order valence-corrected chi connectivity index (χ4v) is 8.58. The molecule has 5 rings (SSSR count). The quantitative estimate of drug-likeness (QED) is 0.166. The van der Waals surface area contributed by atoms with Gasteiger partial charge in [-0.3, -0.25) is 9.59 Å². The summed E-state index contributed by atoms with van der Waals surface area (Å²) in [5, 5.41) is 6.64. The first-order chi connectivity index (χ1) is 24.9. The molecular formula is C40H59FN4O7. The third kappa shape index (κ3) is 9.85. The second-order valence-electron chi connectivity index (χ2n) is 15.9. The lowest BCUT2D eigenvalue weighted by atomic mass is 9.76. The highest BCUT2D eigenvalue weighted by atomic mass is 19.1. The first-order valence-electron chi connectivity index (χ1n) is 19.4. The highest BCUT2D eigenvalue weighted by Gasteiger charge is 2.47. The number of alkyl carbamates (subject to hydrolysis) is 1. The van der Waals surface area contributed by atoms with Gasteiger partial charge in [0.05, 0.1) is 12.6 Å². The number of ether oxygens (including phenoxy) is 3. The molecule has 0 radical (unpaired) electrons. The molecule has 3 aliphatic rings. The van der Waals surface area contributed by atoms with Gasteiger partial charge in [0.2, 0.25) is 11.8 Å². The van der Waals surface area contributed by atoms with Crippen LogP contribution in [0.3, 0.4) is 0 Å². The van der Waals surface area contributed by atoms with Crippen LogP contribution in [0.1, 0.15) is 109 Å². The van der Waals surface area contributed by atoms with Gasteiger partial charge in [-0.25, -0.2) is 14.0 Å². The molecule has 0 spiro atoms. The van der Waals surface area contributed by atoms with E-state index >= 15 is 0 Å². The van der Waals surface area contributed by atoms with E-state index in [-0.39, 0.29) is 36.2 Å². The molecule has 1 aromatic carbocycles. The van der Waals surface area contributed by atoms with Crippen molar-refractivity contribution in [3.63, 3.8) is 0 Å². The fourth-order valence-electron chi connectivity index (χ4n) is 8.58. The Bertz CT molecular complexity index is 1540. The zero-order chi connectivity index (χ0) is 37.4. The van der Waals surface area contributed by atoms with Gasteiger partial charge in [-0.2, -0.15) is 0 Å². The molecule has 3 atom stereocenters. The Balaban J connectivity index is 1.26. The van der Waals surface area contributed by atoms with Gasteiger partial charge >= 0.3 is 12.1 Å². The van der Waals surface area contributed by atoms with E-state index in [0.717, 1.165) is 43.0 Å². The number of carbonyl (C=O) groups excluding carboxylic acids is 4. The number of alkyl halides is 1. The monoisotopic (exact) mass is 726 g/mol. The largest absolute Gasteiger partial charge is 0.461 e. The Morgan fingerprint density at radius 1 is 0.962 bits per heavy atom. The lowest BCUT2D eigenvalue weighted by Gasteiger charge is -2.37. The zero-order valence-corrected chi connectivity index (χ0v) is 31.7. The van der Waals surface area contributed by atoms with Gasteiger partial charge in [0.15, 0.2) is 0 Å². The normalized spacial score (nSPS) is 23.3. The average Bonchev–Trinajstić information content (AvgIpc) is 3.71. The number of carbonyl (C=O) groups is 4. The summed E-state index contributed by atoms with van der Waals surface area (Å²) in [6, 6.07) is 6.12. The molecule has 2 aliphatic carbocycles. The minimum absolute atomic E-state index is 0.00303. The van der Waals surface area contributed by atoms with Gasteiger partial charge in [-0.15, -0.1) is 0 Å². The summed E-state index contributed by atoms with van der Waals surface area (Å²) in [5.41, 5.74) is 1.19. The Morgan fingerprint density at radius 2 is 1.69 bits per heavy atom. The van der Waals surface area contributed by atoms with Crippen molar-refractivity contribution in [2.24, 2.45) is 30.7 Å². The predicted molar refractivity (Wildman–Crippen MR) is 198 cm³/mol. The number of halogens is 1. The van der Waals surface area contributed by atoms with Crippen molar-refractivity contribution in [3.8, 4) is 0 Å². The number of fused-ring (bicyclic) bond motifs is 1. The average molecular weight is 727 g/mol. The van der Waals surface area contributed by atoms with Crippen LogP contribution in [0.4, 0.5) is 14.9 Å². The maximum atomic E-state index is 14.3. The lowest BCUT2D eigenvalue weighted by molar-refractivity contribution is -0.142.